The fraction of sp³-hybridized carbons (Fsp3) is 0. The topological polar surface area (TPSA) is 103 Å². The standard InChI is InChI=1S/C9H5ClN2O4/c10-4-2-6-5(1-3(4)9(15)16)11-7(13)8(14)12-6/h1-2H,(H,11,13)(H,12,14)(H,15,16). The van der Waals surface area contributed by atoms with Gasteiger partial charge >= 0.3 is 17.1 Å². The van der Waals surface area contributed by atoms with Gasteiger partial charge in [-0.15, -0.1) is 0 Å². The summed E-state index contributed by atoms with van der Waals surface area (Å²) in [6.07, 6.45) is 0. The van der Waals surface area contributed by atoms with Crippen molar-refractivity contribution in [3.05, 3.63) is 43.4 Å². The van der Waals surface area contributed by atoms with Crippen molar-refractivity contribution in [2.45, 2.75) is 0 Å². The molecule has 0 unspecified atom stereocenters. The first-order valence-corrected chi connectivity index (χ1v) is 4.56. The van der Waals surface area contributed by atoms with Crippen LogP contribution in [0.4, 0.5) is 0 Å². The number of aromatic carboxylic acids is 1. The van der Waals surface area contributed by atoms with Crippen LogP contribution >= 0.6 is 11.6 Å². The molecular weight excluding hydrogens is 236 g/mol. The van der Waals surface area contributed by atoms with E-state index in [4.69, 9.17) is 16.7 Å². The minimum Gasteiger partial charge on any atom is -0.478 e. The van der Waals surface area contributed by atoms with Crippen molar-refractivity contribution >= 4 is 28.6 Å². The van der Waals surface area contributed by atoms with Gasteiger partial charge in [0, 0.05) is 0 Å². The Bertz CT molecular complexity index is 701. The lowest BCUT2D eigenvalue weighted by Crippen LogP contribution is -2.29. The molecule has 0 aliphatic rings. The highest BCUT2D eigenvalue weighted by atomic mass is 35.5. The highest BCUT2D eigenvalue weighted by Crippen LogP contribution is 2.20. The Morgan fingerprint density at radius 3 is 2.12 bits per heavy atom. The van der Waals surface area contributed by atoms with Gasteiger partial charge in [0.25, 0.3) is 0 Å². The summed E-state index contributed by atoms with van der Waals surface area (Å²) in [4.78, 5) is 37.3. The van der Waals surface area contributed by atoms with E-state index in [1.807, 2.05) is 0 Å². The Kier molecular flexibility index (Phi) is 2.28. The van der Waals surface area contributed by atoms with Gasteiger partial charge in [0.05, 0.1) is 21.6 Å². The fourth-order valence-electron chi connectivity index (χ4n) is 1.30. The molecule has 7 heteroatoms. The van der Waals surface area contributed by atoms with Gasteiger partial charge in [-0.3, -0.25) is 9.59 Å². The summed E-state index contributed by atoms with van der Waals surface area (Å²) in [5.74, 6) is -1.21. The number of fused-ring (bicyclic) bond motifs is 1. The van der Waals surface area contributed by atoms with Crippen LogP contribution in [0.5, 0.6) is 0 Å². The molecule has 2 aromatic rings. The summed E-state index contributed by atoms with van der Waals surface area (Å²) < 4.78 is 0. The van der Waals surface area contributed by atoms with E-state index in [1.165, 1.54) is 12.1 Å². The number of halogens is 1. The monoisotopic (exact) mass is 240 g/mol. The molecule has 1 aromatic carbocycles. The van der Waals surface area contributed by atoms with Crippen molar-refractivity contribution in [2.24, 2.45) is 0 Å². The molecule has 16 heavy (non-hydrogen) atoms. The number of aromatic nitrogens is 2. The van der Waals surface area contributed by atoms with E-state index >= 15 is 0 Å². The Morgan fingerprint density at radius 2 is 1.62 bits per heavy atom. The predicted molar refractivity (Wildman–Crippen MR) is 57.2 cm³/mol. The van der Waals surface area contributed by atoms with Gasteiger partial charge in [-0.2, -0.15) is 0 Å². The molecule has 0 saturated heterocycles. The van der Waals surface area contributed by atoms with Gasteiger partial charge in [-0.05, 0) is 12.1 Å². The van der Waals surface area contributed by atoms with Crippen LogP contribution in [-0.4, -0.2) is 21.0 Å². The predicted octanol–water partition coefficient (Wildman–Crippen LogP) is 0.568. The van der Waals surface area contributed by atoms with E-state index < -0.39 is 17.1 Å². The van der Waals surface area contributed by atoms with E-state index in [0.717, 1.165) is 0 Å². The minimum atomic E-state index is -1.21. The third kappa shape index (κ3) is 1.59. The molecule has 1 aromatic heterocycles. The lowest BCUT2D eigenvalue weighted by atomic mass is 10.2. The lowest BCUT2D eigenvalue weighted by molar-refractivity contribution is 0.0697. The number of benzene rings is 1. The number of carboxylic acid groups (broad SMARTS) is 1. The van der Waals surface area contributed by atoms with Crippen molar-refractivity contribution in [3.8, 4) is 0 Å². The molecule has 3 N–H and O–H groups in total. The fourth-order valence-corrected chi connectivity index (χ4v) is 1.55. The number of hydrogen-bond acceptors (Lipinski definition) is 3. The SMILES string of the molecule is O=C(O)c1cc2[nH]c(=O)c(=O)[nH]c2cc1Cl. The number of nitrogens with one attached hydrogen (secondary N) is 2. The zero-order chi connectivity index (χ0) is 11.9. The smallest absolute Gasteiger partial charge is 0.337 e. The van der Waals surface area contributed by atoms with Crippen LogP contribution < -0.4 is 11.1 Å². The summed E-state index contributed by atoms with van der Waals surface area (Å²) >= 11 is 5.70. The van der Waals surface area contributed by atoms with Gasteiger partial charge in [-0.25, -0.2) is 4.79 Å². The molecule has 0 radical (unpaired) electrons. The number of carbonyl (C=O) groups is 1. The Hall–Kier alpha value is -2.08. The lowest BCUT2D eigenvalue weighted by Gasteiger charge is -2.01. The number of rotatable bonds is 1. The maximum absolute atomic E-state index is 11.0. The summed E-state index contributed by atoms with van der Waals surface area (Å²) in [7, 11) is 0. The van der Waals surface area contributed by atoms with Gasteiger partial charge in [0.15, 0.2) is 0 Å². The molecule has 0 spiro atoms. The molecule has 2 rings (SSSR count). The summed E-state index contributed by atoms with van der Waals surface area (Å²) in [6, 6.07) is 2.47. The second kappa shape index (κ2) is 3.49. The van der Waals surface area contributed by atoms with E-state index in [2.05, 4.69) is 9.97 Å². The molecule has 0 aliphatic carbocycles. The number of aromatic amines is 2. The summed E-state index contributed by atoms with van der Waals surface area (Å²) in [5.41, 5.74) is -1.30. The molecule has 82 valence electrons. The molecule has 1 heterocycles. The second-order valence-corrected chi connectivity index (χ2v) is 3.50. The van der Waals surface area contributed by atoms with E-state index in [-0.39, 0.29) is 21.6 Å². The van der Waals surface area contributed by atoms with E-state index in [0.29, 0.717) is 0 Å². The van der Waals surface area contributed by atoms with Crippen molar-refractivity contribution < 1.29 is 9.90 Å². The molecule has 0 saturated carbocycles. The highest BCUT2D eigenvalue weighted by Gasteiger charge is 2.11. The Labute approximate surface area is 92.5 Å². The Balaban J connectivity index is 2.90. The van der Waals surface area contributed by atoms with Crippen molar-refractivity contribution in [1.82, 2.24) is 9.97 Å². The van der Waals surface area contributed by atoms with Crippen molar-refractivity contribution in [1.29, 1.82) is 0 Å². The Morgan fingerprint density at radius 1 is 1.12 bits per heavy atom. The minimum absolute atomic E-state index is 0.0114. The van der Waals surface area contributed by atoms with Gasteiger partial charge in [0.1, 0.15) is 0 Å². The summed E-state index contributed by atoms with van der Waals surface area (Å²) in [5, 5.41) is 8.79. The molecule has 0 aliphatic heterocycles. The van der Waals surface area contributed by atoms with Crippen LogP contribution in [0.15, 0.2) is 21.7 Å². The maximum atomic E-state index is 11.0. The quantitative estimate of drug-likeness (QED) is 0.634. The van der Waals surface area contributed by atoms with Gasteiger partial charge < -0.3 is 15.1 Å². The van der Waals surface area contributed by atoms with Crippen LogP contribution in [0, 0.1) is 0 Å². The highest BCUT2D eigenvalue weighted by molar-refractivity contribution is 6.34. The van der Waals surface area contributed by atoms with Crippen molar-refractivity contribution in [2.75, 3.05) is 0 Å². The number of hydrogen-bond donors (Lipinski definition) is 3. The first kappa shape index (κ1) is 10.4. The zero-order valence-electron chi connectivity index (χ0n) is 7.70. The van der Waals surface area contributed by atoms with Crippen LogP contribution in [0.25, 0.3) is 11.0 Å². The first-order chi connectivity index (χ1) is 7.49. The molecule has 6 nitrogen and oxygen atoms in total. The molecule has 0 bridgehead atoms. The molecular formula is C9H5ClN2O4. The normalized spacial score (nSPS) is 10.6. The summed E-state index contributed by atoms with van der Waals surface area (Å²) in [6.45, 7) is 0. The van der Waals surface area contributed by atoms with Crippen LogP contribution in [-0.2, 0) is 0 Å². The zero-order valence-corrected chi connectivity index (χ0v) is 8.46. The van der Waals surface area contributed by atoms with Gasteiger partial charge in [0.2, 0.25) is 0 Å². The van der Waals surface area contributed by atoms with Crippen LogP contribution in [0.2, 0.25) is 5.02 Å². The van der Waals surface area contributed by atoms with Gasteiger partial charge in [-0.1, -0.05) is 11.6 Å². The average Bonchev–Trinajstić information content (AvgIpc) is 2.19. The van der Waals surface area contributed by atoms with E-state index in [9.17, 15) is 14.4 Å². The molecule has 0 fully saturated rings. The number of carboxylic acids is 1. The van der Waals surface area contributed by atoms with E-state index in [1.54, 1.807) is 0 Å². The maximum Gasteiger partial charge on any atom is 0.337 e. The van der Waals surface area contributed by atoms with Crippen molar-refractivity contribution in [3.63, 3.8) is 0 Å². The third-order valence-corrected chi connectivity index (χ3v) is 2.35. The molecule has 0 amide bonds. The second-order valence-electron chi connectivity index (χ2n) is 3.09. The third-order valence-electron chi connectivity index (χ3n) is 2.04. The average molecular weight is 241 g/mol. The first-order valence-electron chi connectivity index (χ1n) is 4.18. The van der Waals surface area contributed by atoms with Crippen LogP contribution in [0.1, 0.15) is 10.4 Å². The largest absolute Gasteiger partial charge is 0.478 e. The molecule has 0 atom stereocenters. The van der Waals surface area contributed by atoms with Crippen LogP contribution in [0.3, 0.4) is 0 Å². The number of H-pyrrole nitrogens is 2.